The van der Waals surface area contributed by atoms with Gasteiger partial charge in [-0.25, -0.2) is 4.79 Å². The number of allylic oxidation sites excluding steroid dienone is 1. The van der Waals surface area contributed by atoms with Crippen molar-refractivity contribution in [1.29, 1.82) is 0 Å². The summed E-state index contributed by atoms with van der Waals surface area (Å²) in [5, 5.41) is 9.68. The fraction of sp³-hybridized carbons (Fsp3) is 0.964. The van der Waals surface area contributed by atoms with Gasteiger partial charge in [-0.3, -0.25) is 0 Å². The largest absolute Gasteiger partial charge is 0.478 e. The second-order valence-electron chi connectivity index (χ2n) is 29.2. The number of carboxylic acid groups (broad SMARTS) is 1. The maximum Gasteiger partial charge on any atom is 0.331 e. The van der Waals surface area contributed by atoms with Crippen LogP contribution in [0.15, 0.2) is 11.6 Å². The molecule has 5 saturated carbocycles. The smallest absolute Gasteiger partial charge is 0.331 e. The Morgan fingerprint density at radius 2 is 0.341 bits per heavy atom. The lowest BCUT2D eigenvalue weighted by Gasteiger charge is -2.18. The number of carboxylic acids is 1. The summed E-state index contributed by atoms with van der Waals surface area (Å²) < 4.78 is 0. The van der Waals surface area contributed by atoms with Gasteiger partial charge in [0.1, 0.15) is 0 Å². The molecular weight excluding hydrogens is 1030 g/mol. The Labute approximate surface area is 538 Å². The average Bonchev–Trinajstić information content (AvgIpc) is 3.68. The number of carbonyl (C=O) groups is 1. The molecule has 506 valence electrons. The molecule has 5 aliphatic rings. The summed E-state index contributed by atoms with van der Waals surface area (Å²) in [6, 6.07) is 0. The van der Waals surface area contributed by atoms with Crippen LogP contribution in [0, 0.1) is 11.8 Å². The van der Waals surface area contributed by atoms with E-state index in [0.717, 1.165) is 12.8 Å². The molecule has 0 aliphatic heterocycles. The summed E-state index contributed by atoms with van der Waals surface area (Å²) in [5.41, 5.74) is 0.688. The molecule has 2 heteroatoms. The second-order valence-corrected chi connectivity index (χ2v) is 29.2. The van der Waals surface area contributed by atoms with Crippen molar-refractivity contribution in [3.05, 3.63) is 11.6 Å². The summed E-state index contributed by atoms with van der Waals surface area (Å²) in [4.78, 5) is 11.8. The zero-order valence-corrected chi connectivity index (χ0v) is 59.3. The molecular formula is C83H162O2. The van der Waals surface area contributed by atoms with E-state index in [1.165, 1.54) is 475 Å². The molecule has 5 aliphatic carbocycles. The minimum absolute atomic E-state index is 0.217. The molecule has 0 heterocycles. The van der Waals surface area contributed by atoms with Gasteiger partial charge in [-0.15, -0.1) is 0 Å². The first-order chi connectivity index (χ1) is 42.2. The lowest BCUT2D eigenvalue weighted by Crippen LogP contribution is -2.14. The molecule has 0 bridgehead atoms. The third-order valence-electron chi connectivity index (χ3n) is 21.0. The number of hydrogen-bond acceptors (Lipinski definition) is 1. The van der Waals surface area contributed by atoms with Crippen LogP contribution in [0.5, 0.6) is 0 Å². The van der Waals surface area contributed by atoms with Crippen molar-refractivity contribution in [2.24, 2.45) is 11.8 Å². The van der Waals surface area contributed by atoms with Crippen molar-refractivity contribution in [3.63, 3.8) is 0 Å². The van der Waals surface area contributed by atoms with Gasteiger partial charge in [0.25, 0.3) is 0 Å². The van der Waals surface area contributed by atoms with E-state index in [2.05, 4.69) is 19.9 Å². The highest BCUT2D eigenvalue weighted by Gasteiger charge is 2.20. The maximum atomic E-state index is 11.8. The molecule has 0 radical (unpaired) electrons. The Hall–Kier alpha value is -0.790. The predicted molar refractivity (Wildman–Crippen MR) is 385 cm³/mol. The molecule has 5 rings (SSSR count). The summed E-state index contributed by atoms with van der Waals surface area (Å²) in [6.45, 7) is 4.23. The van der Waals surface area contributed by atoms with E-state index in [-0.39, 0.29) is 5.92 Å². The number of hydrogen-bond donors (Lipinski definition) is 1. The van der Waals surface area contributed by atoms with Gasteiger partial charge in [-0.05, 0) is 37.5 Å². The zero-order valence-electron chi connectivity index (χ0n) is 59.3. The first-order valence-corrected chi connectivity index (χ1v) is 41.1. The topological polar surface area (TPSA) is 37.3 Å². The Balaban J connectivity index is 0.000000541. The number of rotatable bonds is 5. The lowest BCUT2D eigenvalue weighted by atomic mass is 9.87. The van der Waals surface area contributed by atoms with Gasteiger partial charge in [0.15, 0.2) is 0 Å². The summed E-state index contributed by atoms with van der Waals surface area (Å²) >= 11 is 0. The van der Waals surface area contributed by atoms with Crippen molar-refractivity contribution in [3.8, 4) is 0 Å². The standard InChI is InChI=1S/C23H42O2.4C15H30/c1-3-21(4-2)22(23(24)25)19-20-17-15-13-11-9-7-5-6-8-10-12-14-16-18-20;4*1-2-4-6-8-10-12-14-15-13-11-9-7-5-3-1/h19-21H,3-18H2,1-2H3,(H,24,25);4*1-15H2. The first kappa shape index (κ1) is 82.2. The molecule has 1 N–H and O–H groups in total. The van der Waals surface area contributed by atoms with Gasteiger partial charge in [0.2, 0.25) is 0 Å². The fourth-order valence-electron chi connectivity index (χ4n) is 14.9. The predicted octanol–water partition coefficient (Wildman–Crippen LogP) is 30.9. The van der Waals surface area contributed by atoms with Crippen molar-refractivity contribution >= 4 is 5.97 Å². The van der Waals surface area contributed by atoms with Crippen LogP contribution in [0.3, 0.4) is 0 Å². The van der Waals surface area contributed by atoms with E-state index in [1.54, 1.807) is 0 Å². The molecule has 0 unspecified atom stereocenters. The molecule has 0 aromatic carbocycles. The van der Waals surface area contributed by atoms with Crippen LogP contribution in [-0.4, -0.2) is 11.1 Å². The summed E-state index contributed by atoms with van der Waals surface area (Å²) in [6.07, 6.45) is 113. The summed E-state index contributed by atoms with van der Waals surface area (Å²) in [5.74, 6) is -0.00414. The molecule has 0 aromatic heterocycles. The fourth-order valence-corrected chi connectivity index (χ4v) is 14.9. The molecule has 0 spiro atoms. The van der Waals surface area contributed by atoms with E-state index in [9.17, 15) is 9.90 Å². The molecule has 5 fully saturated rings. The Morgan fingerprint density at radius 3 is 0.435 bits per heavy atom. The number of aliphatic carboxylic acids is 1. The zero-order chi connectivity index (χ0) is 60.8. The van der Waals surface area contributed by atoms with Crippen molar-refractivity contribution in [1.82, 2.24) is 0 Å². The van der Waals surface area contributed by atoms with E-state index < -0.39 is 5.97 Å². The highest BCUT2D eigenvalue weighted by atomic mass is 16.4. The average molecular weight is 1190 g/mol. The van der Waals surface area contributed by atoms with Crippen LogP contribution < -0.4 is 0 Å². The van der Waals surface area contributed by atoms with Crippen molar-refractivity contribution in [2.45, 2.75) is 502 Å². The Bertz CT molecular complexity index is 894. The lowest BCUT2D eigenvalue weighted by molar-refractivity contribution is -0.133. The minimum atomic E-state index is -0.690. The molecule has 2 nitrogen and oxygen atoms in total. The van der Waals surface area contributed by atoms with E-state index in [4.69, 9.17) is 0 Å². The molecule has 0 saturated heterocycles. The highest BCUT2D eigenvalue weighted by molar-refractivity contribution is 5.87. The van der Waals surface area contributed by atoms with E-state index in [1.807, 2.05) is 0 Å². The van der Waals surface area contributed by atoms with Crippen molar-refractivity contribution < 1.29 is 9.90 Å². The van der Waals surface area contributed by atoms with Crippen LogP contribution in [0.1, 0.15) is 502 Å². The molecule has 0 atom stereocenters. The molecule has 0 aromatic rings. The maximum absolute atomic E-state index is 11.8. The third kappa shape index (κ3) is 64.5. The van der Waals surface area contributed by atoms with E-state index >= 15 is 0 Å². The SMILES string of the molecule is C1CCCCCCCCCCCCCC1.C1CCCCCCCCCCCCCC1.C1CCCCCCCCCCCCCC1.C1CCCCCCCCCCCCCC1.CCC(CC)C(=CC1CCCCCCCCCCCCCC1)C(=O)O. The van der Waals surface area contributed by atoms with Gasteiger partial charge in [0.05, 0.1) is 0 Å². The normalized spacial score (nSPS) is 23.1. The van der Waals surface area contributed by atoms with Crippen molar-refractivity contribution in [2.75, 3.05) is 0 Å². The Morgan fingerprint density at radius 1 is 0.235 bits per heavy atom. The highest BCUT2D eigenvalue weighted by Crippen LogP contribution is 2.28. The van der Waals surface area contributed by atoms with Gasteiger partial charge < -0.3 is 5.11 Å². The van der Waals surface area contributed by atoms with Crippen LogP contribution in [0.25, 0.3) is 0 Å². The molecule has 0 amide bonds. The van der Waals surface area contributed by atoms with Crippen LogP contribution in [0.4, 0.5) is 0 Å². The Kier molecular flexibility index (Phi) is 69.9. The minimum Gasteiger partial charge on any atom is -0.478 e. The van der Waals surface area contributed by atoms with Gasteiger partial charge in [-0.2, -0.15) is 0 Å². The quantitative estimate of drug-likeness (QED) is 0.279. The first-order valence-electron chi connectivity index (χ1n) is 41.1. The van der Waals surface area contributed by atoms with Crippen LogP contribution >= 0.6 is 0 Å². The van der Waals surface area contributed by atoms with Gasteiger partial charge >= 0.3 is 5.97 Å². The third-order valence-corrected chi connectivity index (χ3v) is 21.0. The second kappa shape index (κ2) is 72.3. The van der Waals surface area contributed by atoms with Crippen LogP contribution in [0.2, 0.25) is 0 Å². The summed E-state index contributed by atoms with van der Waals surface area (Å²) in [7, 11) is 0. The van der Waals surface area contributed by atoms with Crippen LogP contribution in [-0.2, 0) is 4.79 Å². The monoisotopic (exact) mass is 1190 g/mol. The van der Waals surface area contributed by atoms with E-state index in [0.29, 0.717) is 11.5 Å². The molecule has 85 heavy (non-hydrogen) atoms. The van der Waals surface area contributed by atoms with Gasteiger partial charge in [-0.1, -0.05) is 482 Å². The van der Waals surface area contributed by atoms with Gasteiger partial charge in [0, 0.05) is 5.57 Å².